The molecule has 0 spiro atoms. The molecule has 14 heavy (non-hydrogen) atoms. The monoisotopic (exact) mass is 218 g/mol. The Kier molecular flexibility index (Phi) is 4.78. The molecule has 0 aliphatic carbocycles. The molecule has 0 heterocycles. The fourth-order valence-electron chi connectivity index (χ4n) is 0.750. The summed E-state index contributed by atoms with van der Waals surface area (Å²) in [5, 5.41) is 5.72. The van der Waals surface area contributed by atoms with Gasteiger partial charge in [0.2, 0.25) is 0 Å². The van der Waals surface area contributed by atoms with Crippen LogP contribution in [0.25, 0.3) is 0 Å². The fourth-order valence-corrected chi connectivity index (χ4v) is 0.967. The van der Waals surface area contributed by atoms with Crippen molar-refractivity contribution in [3.8, 4) is 0 Å². The summed E-state index contributed by atoms with van der Waals surface area (Å²) >= 11 is 1.74. The minimum atomic E-state index is -0.173. The lowest BCUT2D eigenvalue weighted by atomic mass is 10.1. The van der Waals surface area contributed by atoms with Crippen LogP contribution in [0.5, 0.6) is 0 Å². The first-order valence-corrected chi connectivity index (χ1v) is 6.00. The number of thioether (sulfide) groups is 1. The molecule has 0 aromatic carbocycles. The van der Waals surface area contributed by atoms with Gasteiger partial charge in [-0.05, 0) is 40.9 Å². The Labute approximate surface area is 91.4 Å². The predicted molar refractivity (Wildman–Crippen MR) is 63.9 cm³/mol. The smallest absolute Gasteiger partial charge is 0.315 e. The van der Waals surface area contributed by atoms with E-state index in [0.29, 0.717) is 6.54 Å². The van der Waals surface area contributed by atoms with Crippen LogP contribution in [0.2, 0.25) is 0 Å². The zero-order chi connectivity index (χ0) is 11.4. The minimum Gasteiger partial charge on any atom is -0.337 e. The number of hydrogen-bond acceptors (Lipinski definition) is 2. The van der Waals surface area contributed by atoms with Gasteiger partial charge in [0.05, 0.1) is 0 Å². The topological polar surface area (TPSA) is 41.1 Å². The number of rotatable bonds is 3. The maximum atomic E-state index is 11.4. The van der Waals surface area contributed by atoms with Gasteiger partial charge in [-0.1, -0.05) is 0 Å². The molecule has 0 fully saturated rings. The van der Waals surface area contributed by atoms with Crippen molar-refractivity contribution in [1.82, 2.24) is 10.6 Å². The van der Waals surface area contributed by atoms with Gasteiger partial charge in [-0.15, -0.1) is 0 Å². The van der Waals surface area contributed by atoms with Gasteiger partial charge in [-0.3, -0.25) is 0 Å². The van der Waals surface area contributed by atoms with Crippen molar-refractivity contribution in [2.45, 2.75) is 44.9 Å². The van der Waals surface area contributed by atoms with Gasteiger partial charge in [0.1, 0.15) is 0 Å². The van der Waals surface area contributed by atoms with Gasteiger partial charge < -0.3 is 10.6 Å². The van der Waals surface area contributed by atoms with Crippen LogP contribution in [0.1, 0.15) is 34.6 Å². The molecule has 2 amide bonds. The first-order valence-electron chi connectivity index (χ1n) is 4.77. The lowest BCUT2D eigenvalue weighted by molar-refractivity contribution is 0.231. The second-order valence-corrected chi connectivity index (χ2v) is 6.53. The zero-order valence-corrected chi connectivity index (χ0v) is 10.8. The van der Waals surface area contributed by atoms with Crippen molar-refractivity contribution in [3.63, 3.8) is 0 Å². The molecule has 0 saturated carbocycles. The van der Waals surface area contributed by atoms with E-state index < -0.39 is 0 Å². The highest BCUT2D eigenvalue weighted by molar-refractivity contribution is 7.99. The van der Waals surface area contributed by atoms with E-state index in [-0.39, 0.29) is 16.3 Å². The molecule has 4 heteroatoms. The van der Waals surface area contributed by atoms with E-state index in [1.165, 1.54) is 0 Å². The highest BCUT2D eigenvalue weighted by Gasteiger charge is 2.18. The van der Waals surface area contributed by atoms with Crippen LogP contribution in [-0.2, 0) is 0 Å². The molecular formula is C10H22N2OS. The maximum absolute atomic E-state index is 11.4. The SMILES string of the molecule is CSC(C)(C)CNC(=O)NC(C)(C)C. The summed E-state index contributed by atoms with van der Waals surface area (Å²) in [7, 11) is 0. The summed E-state index contributed by atoms with van der Waals surface area (Å²) < 4.78 is 0.0925. The molecule has 0 bridgehead atoms. The second kappa shape index (κ2) is 4.91. The first kappa shape index (κ1) is 13.6. The standard InChI is InChI=1S/C10H22N2OS/c1-9(2,3)12-8(13)11-7-10(4,5)14-6/h7H2,1-6H3,(H2,11,12,13). The average Bonchev–Trinajstić information content (AvgIpc) is 1.98. The van der Waals surface area contributed by atoms with E-state index in [2.05, 4.69) is 24.5 Å². The van der Waals surface area contributed by atoms with Crippen LogP contribution < -0.4 is 10.6 Å². The number of carbonyl (C=O) groups excluding carboxylic acids is 1. The Hall–Kier alpha value is -0.380. The fraction of sp³-hybridized carbons (Fsp3) is 0.900. The molecule has 0 aliphatic rings. The summed E-state index contributed by atoms with van der Waals surface area (Å²) in [6.45, 7) is 10.8. The van der Waals surface area contributed by atoms with Gasteiger partial charge in [-0.2, -0.15) is 11.8 Å². The summed E-state index contributed by atoms with van der Waals surface area (Å²) in [5.74, 6) is 0. The Morgan fingerprint density at radius 2 is 1.71 bits per heavy atom. The summed E-state index contributed by atoms with van der Waals surface area (Å²) in [6.07, 6.45) is 2.04. The molecule has 0 radical (unpaired) electrons. The van der Waals surface area contributed by atoms with E-state index in [9.17, 15) is 4.79 Å². The first-order chi connectivity index (χ1) is 6.16. The van der Waals surface area contributed by atoms with Crippen LogP contribution in [0.3, 0.4) is 0 Å². The van der Waals surface area contributed by atoms with Crippen molar-refractivity contribution >= 4 is 17.8 Å². The van der Waals surface area contributed by atoms with E-state index in [1.807, 2.05) is 27.0 Å². The van der Waals surface area contributed by atoms with E-state index >= 15 is 0 Å². The molecule has 0 aliphatic heterocycles. The molecule has 0 rings (SSSR count). The molecule has 84 valence electrons. The Morgan fingerprint density at radius 3 is 2.07 bits per heavy atom. The number of nitrogens with one attached hydrogen (secondary N) is 2. The molecule has 0 aromatic heterocycles. The molecule has 0 atom stereocenters. The zero-order valence-electron chi connectivity index (χ0n) is 10.0. The number of hydrogen-bond donors (Lipinski definition) is 2. The maximum Gasteiger partial charge on any atom is 0.315 e. The second-order valence-electron chi connectivity index (χ2n) is 5.02. The molecule has 3 nitrogen and oxygen atoms in total. The number of amides is 2. The molecule has 2 N–H and O–H groups in total. The summed E-state index contributed by atoms with van der Waals surface area (Å²) in [4.78, 5) is 11.4. The predicted octanol–water partition coefficient (Wildman–Crippen LogP) is 2.23. The van der Waals surface area contributed by atoms with E-state index in [0.717, 1.165) is 0 Å². The third-order valence-electron chi connectivity index (χ3n) is 1.72. The Morgan fingerprint density at radius 1 is 1.21 bits per heavy atom. The Balaban J connectivity index is 3.87. The largest absolute Gasteiger partial charge is 0.337 e. The van der Waals surface area contributed by atoms with Crippen LogP contribution in [0.4, 0.5) is 4.79 Å². The van der Waals surface area contributed by atoms with Crippen molar-refractivity contribution in [2.24, 2.45) is 0 Å². The third kappa shape index (κ3) is 7.06. The highest BCUT2D eigenvalue weighted by atomic mass is 32.2. The van der Waals surface area contributed by atoms with Crippen LogP contribution in [-0.4, -0.2) is 29.1 Å². The van der Waals surface area contributed by atoms with Crippen molar-refractivity contribution in [2.75, 3.05) is 12.8 Å². The van der Waals surface area contributed by atoms with Gasteiger partial charge in [-0.25, -0.2) is 4.79 Å². The molecular weight excluding hydrogens is 196 g/mol. The quantitative estimate of drug-likeness (QED) is 0.762. The van der Waals surface area contributed by atoms with E-state index in [4.69, 9.17) is 0 Å². The molecule has 0 saturated heterocycles. The van der Waals surface area contributed by atoms with E-state index in [1.54, 1.807) is 11.8 Å². The van der Waals surface area contributed by atoms with Gasteiger partial charge in [0, 0.05) is 16.8 Å². The summed E-state index contributed by atoms with van der Waals surface area (Å²) in [6, 6.07) is -0.0976. The van der Waals surface area contributed by atoms with Gasteiger partial charge in [0.25, 0.3) is 0 Å². The lowest BCUT2D eigenvalue weighted by Crippen LogP contribution is -2.49. The third-order valence-corrected chi connectivity index (χ3v) is 2.97. The summed E-state index contributed by atoms with van der Waals surface area (Å²) in [5.41, 5.74) is -0.173. The average molecular weight is 218 g/mol. The van der Waals surface area contributed by atoms with Gasteiger partial charge in [0.15, 0.2) is 0 Å². The normalized spacial score (nSPS) is 12.4. The van der Waals surface area contributed by atoms with Crippen LogP contribution >= 0.6 is 11.8 Å². The molecule has 0 unspecified atom stereocenters. The van der Waals surface area contributed by atoms with Crippen molar-refractivity contribution in [3.05, 3.63) is 0 Å². The van der Waals surface area contributed by atoms with Gasteiger partial charge >= 0.3 is 6.03 Å². The van der Waals surface area contributed by atoms with Crippen LogP contribution in [0.15, 0.2) is 0 Å². The van der Waals surface area contributed by atoms with Crippen LogP contribution in [0, 0.1) is 0 Å². The van der Waals surface area contributed by atoms with Crippen molar-refractivity contribution in [1.29, 1.82) is 0 Å². The lowest BCUT2D eigenvalue weighted by Gasteiger charge is -2.25. The Bertz CT molecular complexity index is 197. The molecule has 0 aromatic rings. The van der Waals surface area contributed by atoms with Crippen molar-refractivity contribution < 1.29 is 4.79 Å². The minimum absolute atomic E-state index is 0.0925. The number of carbonyl (C=O) groups is 1. The number of urea groups is 1. The highest BCUT2D eigenvalue weighted by Crippen LogP contribution is 2.19.